The van der Waals surface area contributed by atoms with E-state index >= 15 is 0 Å². The lowest BCUT2D eigenvalue weighted by atomic mass is 9.95. The Morgan fingerprint density at radius 3 is 2.52 bits per heavy atom. The number of nitrogens with zero attached hydrogens (tertiary/aromatic N) is 4. The molecule has 1 aromatic carbocycles. The summed E-state index contributed by atoms with van der Waals surface area (Å²) in [4.78, 5) is 39.7. The molecule has 31 heavy (non-hydrogen) atoms. The van der Waals surface area contributed by atoms with Crippen molar-refractivity contribution in [3.63, 3.8) is 0 Å². The highest BCUT2D eigenvalue weighted by atomic mass is 16.3. The van der Waals surface area contributed by atoms with Crippen LogP contribution in [0.2, 0.25) is 0 Å². The first-order valence-electron chi connectivity index (χ1n) is 11.0. The number of amides is 1. The summed E-state index contributed by atoms with van der Waals surface area (Å²) >= 11 is 0. The number of carbonyl (C=O) groups excluding carboxylic acids is 1. The summed E-state index contributed by atoms with van der Waals surface area (Å²) in [5, 5.41) is 5.03. The smallest absolute Gasteiger partial charge is 0.345 e. The highest BCUT2D eigenvalue weighted by molar-refractivity contribution is 5.93. The first kappa shape index (κ1) is 19.8. The molecule has 0 unspecified atom stereocenters. The number of aromatic nitrogens is 3. The molecular formula is C23H26N4O4. The Labute approximate surface area is 179 Å². The highest BCUT2D eigenvalue weighted by Crippen LogP contribution is 2.33. The molecular weight excluding hydrogens is 396 g/mol. The first-order chi connectivity index (χ1) is 15.0. The lowest BCUT2D eigenvalue weighted by Crippen LogP contribution is -2.39. The Hall–Kier alpha value is -3.16. The van der Waals surface area contributed by atoms with Gasteiger partial charge >= 0.3 is 5.69 Å². The number of benzene rings is 1. The van der Waals surface area contributed by atoms with Crippen LogP contribution in [0.15, 0.2) is 44.3 Å². The van der Waals surface area contributed by atoms with Gasteiger partial charge in [-0.05, 0) is 37.8 Å². The number of piperidine rings is 1. The third-order valence-corrected chi connectivity index (χ3v) is 6.66. The Balaban J connectivity index is 1.34. The maximum atomic E-state index is 13.0. The van der Waals surface area contributed by atoms with E-state index in [-0.39, 0.29) is 34.7 Å². The Bertz CT molecular complexity index is 1240. The lowest BCUT2D eigenvalue weighted by Gasteiger charge is -2.31. The third-order valence-electron chi connectivity index (χ3n) is 6.66. The van der Waals surface area contributed by atoms with E-state index in [2.05, 4.69) is 5.10 Å². The van der Waals surface area contributed by atoms with Gasteiger partial charge in [0.05, 0.1) is 5.39 Å². The molecule has 3 heterocycles. The standard InChI is InChI=1S/C23H26N4O4/c1-25-23(30)27(16-6-2-3-7-16)21(24-25)15-10-12-26(13-11-15)22(29)20-14-18(28)17-8-4-5-9-19(17)31-20/h4-5,8-9,14-16H,2-3,6-7,10-13H2,1H3. The molecule has 1 saturated carbocycles. The molecule has 1 aliphatic heterocycles. The van der Waals surface area contributed by atoms with Crippen LogP contribution in [0.5, 0.6) is 0 Å². The minimum atomic E-state index is -0.268. The van der Waals surface area contributed by atoms with E-state index in [1.54, 1.807) is 36.2 Å². The van der Waals surface area contributed by atoms with Gasteiger partial charge in [-0.1, -0.05) is 25.0 Å². The van der Waals surface area contributed by atoms with E-state index < -0.39 is 0 Å². The molecule has 3 aromatic rings. The monoisotopic (exact) mass is 422 g/mol. The van der Waals surface area contributed by atoms with Crippen molar-refractivity contribution >= 4 is 16.9 Å². The third kappa shape index (κ3) is 3.49. The fourth-order valence-electron chi connectivity index (χ4n) is 4.99. The topological polar surface area (TPSA) is 90.3 Å². The maximum Gasteiger partial charge on any atom is 0.345 e. The Morgan fingerprint density at radius 1 is 1.06 bits per heavy atom. The fraction of sp³-hybridized carbons (Fsp3) is 0.478. The fourth-order valence-corrected chi connectivity index (χ4v) is 4.99. The highest BCUT2D eigenvalue weighted by Gasteiger charge is 2.32. The zero-order chi connectivity index (χ0) is 21.5. The van der Waals surface area contributed by atoms with Crippen molar-refractivity contribution in [2.75, 3.05) is 13.1 Å². The van der Waals surface area contributed by atoms with E-state index in [1.165, 1.54) is 10.7 Å². The summed E-state index contributed by atoms with van der Waals surface area (Å²) in [5.41, 5.74) is 0.162. The SMILES string of the molecule is Cn1nc(C2CCN(C(=O)c3cc(=O)c4ccccc4o3)CC2)n(C2CCCC2)c1=O. The van der Waals surface area contributed by atoms with Crippen LogP contribution in [0.25, 0.3) is 11.0 Å². The summed E-state index contributed by atoms with van der Waals surface area (Å²) in [6.45, 7) is 1.07. The number of carbonyl (C=O) groups is 1. The van der Waals surface area contributed by atoms with Gasteiger partial charge < -0.3 is 9.32 Å². The number of hydrogen-bond donors (Lipinski definition) is 0. The van der Waals surface area contributed by atoms with Crippen molar-refractivity contribution in [2.45, 2.75) is 50.5 Å². The maximum absolute atomic E-state index is 13.0. The molecule has 0 radical (unpaired) electrons. The average Bonchev–Trinajstić information content (AvgIpc) is 3.41. The molecule has 0 spiro atoms. The van der Waals surface area contributed by atoms with E-state index in [4.69, 9.17) is 4.42 Å². The Morgan fingerprint density at radius 2 is 1.77 bits per heavy atom. The molecule has 0 N–H and O–H groups in total. The molecule has 1 amide bonds. The second kappa shape index (κ2) is 7.83. The second-order valence-corrected chi connectivity index (χ2v) is 8.61. The van der Waals surface area contributed by atoms with Crippen molar-refractivity contribution in [2.24, 2.45) is 7.05 Å². The van der Waals surface area contributed by atoms with Crippen LogP contribution in [0.3, 0.4) is 0 Å². The molecule has 162 valence electrons. The predicted molar refractivity (Wildman–Crippen MR) is 115 cm³/mol. The molecule has 1 saturated heterocycles. The Kier molecular flexibility index (Phi) is 5.00. The molecule has 2 fully saturated rings. The van der Waals surface area contributed by atoms with E-state index in [0.29, 0.717) is 24.1 Å². The van der Waals surface area contributed by atoms with Crippen molar-refractivity contribution in [3.05, 3.63) is 62.6 Å². The second-order valence-electron chi connectivity index (χ2n) is 8.61. The zero-order valence-corrected chi connectivity index (χ0v) is 17.6. The van der Waals surface area contributed by atoms with Gasteiger partial charge in [-0.15, -0.1) is 0 Å². The van der Waals surface area contributed by atoms with Gasteiger partial charge in [0.2, 0.25) is 0 Å². The molecule has 8 nitrogen and oxygen atoms in total. The summed E-state index contributed by atoms with van der Waals surface area (Å²) in [6, 6.07) is 8.46. The quantitative estimate of drug-likeness (QED) is 0.647. The number of hydrogen-bond acceptors (Lipinski definition) is 5. The number of aryl methyl sites for hydroxylation is 1. The van der Waals surface area contributed by atoms with Crippen LogP contribution in [0.4, 0.5) is 0 Å². The summed E-state index contributed by atoms with van der Waals surface area (Å²) < 4.78 is 9.06. The number of likely N-dealkylation sites (tertiary alicyclic amines) is 1. The molecule has 8 heteroatoms. The molecule has 5 rings (SSSR count). The van der Waals surface area contributed by atoms with Crippen LogP contribution in [-0.2, 0) is 7.05 Å². The molecule has 2 aliphatic rings. The minimum absolute atomic E-state index is 0.0432. The largest absolute Gasteiger partial charge is 0.451 e. The van der Waals surface area contributed by atoms with E-state index in [0.717, 1.165) is 44.3 Å². The van der Waals surface area contributed by atoms with E-state index in [1.807, 2.05) is 4.57 Å². The average molecular weight is 422 g/mol. The van der Waals surface area contributed by atoms with Crippen LogP contribution < -0.4 is 11.1 Å². The van der Waals surface area contributed by atoms with Gasteiger partial charge in [-0.3, -0.25) is 14.2 Å². The van der Waals surface area contributed by atoms with Gasteiger partial charge in [-0.25, -0.2) is 9.48 Å². The minimum Gasteiger partial charge on any atom is -0.451 e. The molecule has 0 bridgehead atoms. The van der Waals surface area contributed by atoms with Crippen LogP contribution in [0.1, 0.15) is 66.9 Å². The summed E-state index contributed by atoms with van der Waals surface area (Å²) in [5.74, 6) is 0.796. The first-order valence-corrected chi connectivity index (χ1v) is 11.0. The van der Waals surface area contributed by atoms with Gasteiger partial charge in [0.1, 0.15) is 11.4 Å². The van der Waals surface area contributed by atoms with Crippen molar-refractivity contribution < 1.29 is 9.21 Å². The van der Waals surface area contributed by atoms with Crippen molar-refractivity contribution in [3.8, 4) is 0 Å². The normalized spacial score (nSPS) is 18.2. The lowest BCUT2D eigenvalue weighted by molar-refractivity contribution is 0.0678. The van der Waals surface area contributed by atoms with Crippen molar-refractivity contribution in [1.82, 2.24) is 19.2 Å². The van der Waals surface area contributed by atoms with E-state index in [9.17, 15) is 14.4 Å². The van der Waals surface area contributed by atoms with Gasteiger partial charge in [0.25, 0.3) is 5.91 Å². The number of fused-ring (bicyclic) bond motifs is 1. The molecule has 1 aliphatic carbocycles. The zero-order valence-electron chi connectivity index (χ0n) is 17.6. The van der Waals surface area contributed by atoms with Crippen LogP contribution >= 0.6 is 0 Å². The van der Waals surface area contributed by atoms with Gasteiger partial charge in [0, 0.05) is 38.2 Å². The van der Waals surface area contributed by atoms with Crippen LogP contribution in [0, 0.1) is 0 Å². The molecule has 2 aromatic heterocycles. The number of para-hydroxylation sites is 1. The molecule has 0 atom stereocenters. The van der Waals surface area contributed by atoms with Gasteiger partial charge in [-0.2, -0.15) is 5.10 Å². The summed E-state index contributed by atoms with van der Waals surface area (Å²) in [6.07, 6.45) is 5.80. The van der Waals surface area contributed by atoms with Gasteiger partial charge in [0.15, 0.2) is 11.2 Å². The summed E-state index contributed by atoms with van der Waals surface area (Å²) in [7, 11) is 1.71. The van der Waals surface area contributed by atoms with Crippen molar-refractivity contribution in [1.29, 1.82) is 0 Å². The number of rotatable bonds is 3. The predicted octanol–water partition coefficient (Wildman–Crippen LogP) is 2.82. The van der Waals surface area contributed by atoms with Crippen LogP contribution in [-0.4, -0.2) is 38.2 Å².